The molecule has 0 unspecified atom stereocenters. The van der Waals surface area contributed by atoms with Gasteiger partial charge in [0.25, 0.3) is 5.69 Å². The van der Waals surface area contributed by atoms with Gasteiger partial charge in [-0.15, -0.1) is 0 Å². The highest BCUT2D eigenvalue weighted by atomic mass is 35.5. The van der Waals surface area contributed by atoms with E-state index in [1.165, 1.54) is 0 Å². The van der Waals surface area contributed by atoms with Crippen molar-refractivity contribution in [1.29, 1.82) is 0 Å². The second-order valence-corrected chi connectivity index (χ2v) is 7.24. The number of carbonyl (C=O) groups is 1. The lowest BCUT2D eigenvalue weighted by molar-refractivity contribution is -0.393. The molecule has 1 heterocycles. The molecule has 1 aromatic heterocycles. The number of nitro groups is 2. The number of halogens is 2. The monoisotopic (exact) mass is 507 g/mol. The Labute approximate surface area is 201 Å². The molecule has 2 N–H and O–H groups in total. The molecule has 0 amide bonds. The lowest BCUT2D eigenvalue weighted by Crippen LogP contribution is -2.06. The number of nitrogens with one attached hydrogen (secondary N) is 2. The van der Waals surface area contributed by atoms with E-state index < -0.39 is 27.2 Å². The lowest BCUT2D eigenvalue weighted by Gasteiger charge is -2.06. The van der Waals surface area contributed by atoms with Crippen LogP contribution in [0, 0.1) is 20.2 Å². The second-order valence-electron chi connectivity index (χ2n) is 6.43. The number of furan rings is 1. The van der Waals surface area contributed by atoms with Crippen molar-refractivity contribution in [1.82, 2.24) is 0 Å². The van der Waals surface area contributed by atoms with Crippen molar-refractivity contribution in [3.8, 4) is 0 Å². The summed E-state index contributed by atoms with van der Waals surface area (Å²) in [7, 11) is 0. The summed E-state index contributed by atoms with van der Waals surface area (Å²) in [6.07, 6.45) is 1.08. The van der Waals surface area contributed by atoms with Crippen LogP contribution in [-0.4, -0.2) is 28.6 Å². The molecule has 0 spiro atoms. The van der Waals surface area contributed by atoms with E-state index in [4.69, 9.17) is 32.4 Å². The van der Waals surface area contributed by atoms with Crippen molar-refractivity contribution < 1.29 is 23.8 Å². The van der Waals surface area contributed by atoms with Crippen LogP contribution >= 0.6 is 23.2 Å². The molecule has 176 valence electrons. The Hall–Kier alpha value is -4.16. The van der Waals surface area contributed by atoms with Crippen LogP contribution in [0.4, 0.5) is 28.6 Å². The fourth-order valence-corrected chi connectivity index (χ4v) is 3.16. The third-order valence-corrected chi connectivity index (χ3v) is 4.80. The van der Waals surface area contributed by atoms with Gasteiger partial charge in [-0.1, -0.05) is 29.3 Å². The highest BCUT2D eigenvalue weighted by Gasteiger charge is 2.26. The fraction of sp³-hybridized carbons (Fsp3) is 0.100. The molecule has 0 aliphatic carbocycles. The number of hydrazone groups is 1. The molecule has 0 aliphatic heterocycles. The zero-order valence-corrected chi connectivity index (χ0v) is 18.8. The first-order valence-electron chi connectivity index (χ1n) is 9.45. The van der Waals surface area contributed by atoms with E-state index in [-0.39, 0.29) is 34.5 Å². The van der Waals surface area contributed by atoms with Crippen LogP contribution in [0.1, 0.15) is 23.0 Å². The van der Waals surface area contributed by atoms with Crippen LogP contribution < -0.4 is 10.7 Å². The Morgan fingerprint density at radius 3 is 2.59 bits per heavy atom. The predicted molar refractivity (Wildman–Crippen MR) is 125 cm³/mol. The zero-order valence-electron chi connectivity index (χ0n) is 17.3. The Bertz CT molecular complexity index is 1290. The standard InChI is InChI=1S/C20H15Cl2N5O7/c1-2-33-20(28)17-18(22)16(34-19(17)24-12-5-3-4-11(21)8-12)10-23-25-14-7-6-13(26(29)30)9-15(14)27(31)32/h3-10,24-25H,2H2,1H3/b23-10+. The number of esters is 1. The maximum absolute atomic E-state index is 12.4. The summed E-state index contributed by atoms with van der Waals surface area (Å²) in [4.78, 5) is 33.0. The van der Waals surface area contributed by atoms with E-state index >= 15 is 0 Å². The van der Waals surface area contributed by atoms with Gasteiger partial charge in [0.15, 0.2) is 5.76 Å². The Kier molecular flexibility index (Phi) is 7.66. The predicted octanol–water partition coefficient (Wildman–Crippen LogP) is 5.77. The van der Waals surface area contributed by atoms with Crippen LogP contribution in [-0.2, 0) is 4.74 Å². The van der Waals surface area contributed by atoms with Gasteiger partial charge in [0.1, 0.15) is 16.3 Å². The fourth-order valence-electron chi connectivity index (χ4n) is 2.72. The molecule has 3 rings (SSSR count). The maximum atomic E-state index is 12.4. The van der Waals surface area contributed by atoms with E-state index in [1.54, 1.807) is 31.2 Å². The number of ether oxygens (including phenoxy) is 1. The number of rotatable bonds is 9. The number of nitrogens with zero attached hydrogens (tertiary/aromatic N) is 3. The average Bonchev–Trinajstić information content (AvgIpc) is 3.08. The van der Waals surface area contributed by atoms with Gasteiger partial charge in [0, 0.05) is 16.8 Å². The van der Waals surface area contributed by atoms with Gasteiger partial charge >= 0.3 is 11.7 Å². The molecule has 12 nitrogen and oxygen atoms in total. The number of anilines is 3. The molecule has 0 atom stereocenters. The zero-order chi connectivity index (χ0) is 24.8. The molecular weight excluding hydrogens is 493 g/mol. The molecular formula is C20H15Cl2N5O7. The molecule has 0 fully saturated rings. The SMILES string of the molecule is CCOC(=O)c1c(Nc2cccc(Cl)c2)oc(/C=N/Nc2ccc([N+](=O)[O-])cc2[N+](=O)[O-])c1Cl. The van der Waals surface area contributed by atoms with Crippen LogP contribution in [0.15, 0.2) is 52.0 Å². The number of non-ortho nitro benzene ring substituents is 1. The normalized spacial score (nSPS) is 10.8. The van der Waals surface area contributed by atoms with Crippen molar-refractivity contribution in [2.75, 3.05) is 17.3 Å². The summed E-state index contributed by atoms with van der Waals surface area (Å²) in [6.45, 7) is 1.71. The summed E-state index contributed by atoms with van der Waals surface area (Å²) in [5.41, 5.74) is 1.70. The first-order chi connectivity index (χ1) is 16.2. The molecule has 0 saturated heterocycles. The highest BCUT2D eigenvalue weighted by Crippen LogP contribution is 2.34. The summed E-state index contributed by atoms with van der Waals surface area (Å²) in [5.74, 6) is -0.848. The molecule has 2 aromatic carbocycles. The molecule has 0 saturated carbocycles. The van der Waals surface area contributed by atoms with E-state index in [9.17, 15) is 25.0 Å². The van der Waals surface area contributed by atoms with Crippen molar-refractivity contribution in [2.45, 2.75) is 6.92 Å². The molecule has 0 radical (unpaired) electrons. The van der Waals surface area contributed by atoms with Crippen LogP contribution in [0.5, 0.6) is 0 Å². The number of benzene rings is 2. The molecule has 14 heteroatoms. The van der Waals surface area contributed by atoms with E-state index in [2.05, 4.69) is 15.8 Å². The van der Waals surface area contributed by atoms with Gasteiger partial charge in [0.05, 0.1) is 28.7 Å². The molecule has 3 aromatic rings. The van der Waals surface area contributed by atoms with Crippen molar-refractivity contribution in [3.05, 3.63) is 84.1 Å². The number of nitro benzene ring substituents is 2. The summed E-state index contributed by atoms with van der Waals surface area (Å²) < 4.78 is 10.7. The topological polar surface area (TPSA) is 162 Å². The number of hydrogen-bond donors (Lipinski definition) is 2. The highest BCUT2D eigenvalue weighted by molar-refractivity contribution is 6.36. The van der Waals surface area contributed by atoms with E-state index in [0.717, 1.165) is 24.4 Å². The minimum atomic E-state index is -0.795. The van der Waals surface area contributed by atoms with Gasteiger partial charge in [0.2, 0.25) is 5.88 Å². The second kappa shape index (κ2) is 10.6. The quantitative estimate of drug-likeness (QED) is 0.158. The van der Waals surface area contributed by atoms with Crippen LogP contribution in [0.2, 0.25) is 10.0 Å². The van der Waals surface area contributed by atoms with Gasteiger partial charge < -0.3 is 14.5 Å². The summed E-state index contributed by atoms with van der Waals surface area (Å²) in [6, 6.07) is 9.63. The van der Waals surface area contributed by atoms with Crippen molar-refractivity contribution in [2.24, 2.45) is 5.10 Å². The summed E-state index contributed by atoms with van der Waals surface area (Å²) in [5, 5.41) is 29.2. The summed E-state index contributed by atoms with van der Waals surface area (Å²) >= 11 is 12.3. The maximum Gasteiger partial charge on any atom is 0.345 e. The Balaban J connectivity index is 1.92. The first kappa shape index (κ1) is 24.5. The van der Waals surface area contributed by atoms with Gasteiger partial charge in [-0.2, -0.15) is 5.10 Å². The number of hydrogen-bond acceptors (Lipinski definition) is 10. The average molecular weight is 508 g/mol. The van der Waals surface area contributed by atoms with Gasteiger partial charge in [-0.05, 0) is 31.2 Å². The van der Waals surface area contributed by atoms with Gasteiger partial charge in [-0.3, -0.25) is 25.7 Å². The van der Waals surface area contributed by atoms with Crippen molar-refractivity contribution in [3.63, 3.8) is 0 Å². The molecule has 0 aliphatic rings. The third kappa shape index (κ3) is 5.60. The molecule has 34 heavy (non-hydrogen) atoms. The third-order valence-electron chi connectivity index (χ3n) is 4.19. The molecule has 0 bridgehead atoms. The number of carbonyl (C=O) groups excluding carboxylic acids is 1. The van der Waals surface area contributed by atoms with Gasteiger partial charge in [-0.25, -0.2) is 4.79 Å². The van der Waals surface area contributed by atoms with Crippen LogP contribution in [0.3, 0.4) is 0 Å². The van der Waals surface area contributed by atoms with Crippen molar-refractivity contribution >= 4 is 64.0 Å². The lowest BCUT2D eigenvalue weighted by atomic mass is 10.2. The van der Waals surface area contributed by atoms with Crippen LogP contribution in [0.25, 0.3) is 0 Å². The Morgan fingerprint density at radius 2 is 1.94 bits per heavy atom. The Morgan fingerprint density at radius 1 is 1.18 bits per heavy atom. The largest absolute Gasteiger partial charge is 0.462 e. The minimum absolute atomic E-state index is 0.0338. The van der Waals surface area contributed by atoms with E-state index in [0.29, 0.717) is 10.7 Å². The van der Waals surface area contributed by atoms with E-state index in [1.807, 2.05) is 0 Å². The minimum Gasteiger partial charge on any atom is -0.462 e. The first-order valence-corrected chi connectivity index (χ1v) is 10.2. The smallest absolute Gasteiger partial charge is 0.345 e.